The number of nitriles is 4. The Labute approximate surface area is 414 Å². The Morgan fingerprint density at radius 1 is 0.222 bits per heavy atom. The molecular formula is C64H34N8. The van der Waals surface area contributed by atoms with Gasteiger partial charge in [0.1, 0.15) is 24.3 Å². The number of pyridine rings is 4. The highest BCUT2D eigenvalue weighted by Crippen LogP contribution is 2.49. The highest BCUT2D eigenvalue weighted by molar-refractivity contribution is 6.32. The van der Waals surface area contributed by atoms with Crippen LogP contribution in [0.25, 0.3) is 121 Å². The fraction of sp³-hybridized carbons (Fsp3) is 0. The number of aromatic nitrogens is 4. The van der Waals surface area contributed by atoms with Crippen LogP contribution < -0.4 is 0 Å². The fourth-order valence-corrected chi connectivity index (χ4v) is 9.95. The maximum Gasteiger partial charge on any atom is 0.101 e. The van der Waals surface area contributed by atoms with Gasteiger partial charge in [-0.3, -0.25) is 19.9 Å². The van der Waals surface area contributed by atoms with E-state index in [4.69, 9.17) is 0 Å². The third kappa shape index (κ3) is 7.58. The Balaban J connectivity index is 1.10. The second kappa shape index (κ2) is 17.8. The number of rotatable bonds is 8. The molecule has 330 valence electrons. The van der Waals surface area contributed by atoms with Crippen molar-refractivity contribution in [3.63, 3.8) is 0 Å². The van der Waals surface area contributed by atoms with Crippen molar-refractivity contribution in [3.05, 3.63) is 230 Å². The zero-order valence-electron chi connectivity index (χ0n) is 38.2. The maximum absolute atomic E-state index is 9.61. The van der Waals surface area contributed by atoms with Gasteiger partial charge in [0.25, 0.3) is 0 Å². The smallest absolute Gasteiger partial charge is 0.101 e. The molecule has 0 aliphatic rings. The summed E-state index contributed by atoms with van der Waals surface area (Å²) in [4.78, 5) is 17.3. The van der Waals surface area contributed by atoms with Crippen LogP contribution in [0.2, 0.25) is 0 Å². The first kappa shape index (κ1) is 42.7. The third-order valence-corrected chi connectivity index (χ3v) is 13.5. The van der Waals surface area contributed by atoms with Gasteiger partial charge < -0.3 is 0 Å². The molecule has 0 atom stereocenters. The first-order chi connectivity index (χ1) is 35.5. The summed E-state index contributed by atoms with van der Waals surface area (Å²) in [7, 11) is 0. The molecule has 8 heteroatoms. The number of benzene rings is 8. The van der Waals surface area contributed by atoms with Gasteiger partial charge in [0, 0.05) is 71.8 Å². The molecule has 0 saturated carbocycles. The van der Waals surface area contributed by atoms with E-state index in [0.717, 1.165) is 121 Å². The Kier molecular flexibility index (Phi) is 10.5. The van der Waals surface area contributed by atoms with Crippen LogP contribution in [0.1, 0.15) is 22.3 Å². The lowest BCUT2D eigenvalue weighted by molar-refractivity contribution is 1.30. The van der Waals surface area contributed by atoms with Gasteiger partial charge in [-0.2, -0.15) is 21.0 Å². The monoisotopic (exact) mass is 914 g/mol. The van der Waals surface area contributed by atoms with Gasteiger partial charge in [0.05, 0.1) is 22.3 Å². The van der Waals surface area contributed by atoms with Crippen LogP contribution in [0, 0.1) is 45.3 Å². The van der Waals surface area contributed by atoms with Crippen molar-refractivity contribution in [1.29, 1.82) is 21.0 Å². The summed E-state index contributed by atoms with van der Waals surface area (Å²) in [6.07, 6.45) is 13.4. The molecule has 0 N–H and O–H groups in total. The van der Waals surface area contributed by atoms with Gasteiger partial charge in [-0.05, 0) is 135 Å². The molecule has 0 amide bonds. The minimum atomic E-state index is 0.504. The summed E-state index contributed by atoms with van der Waals surface area (Å²) < 4.78 is 0. The molecule has 0 aliphatic carbocycles. The van der Waals surface area contributed by atoms with Crippen LogP contribution >= 0.6 is 0 Å². The van der Waals surface area contributed by atoms with Crippen molar-refractivity contribution in [1.82, 2.24) is 19.9 Å². The summed E-state index contributed by atoms with van der Waals surface area (Å²) in [6.45, 7) is 0. The van der Waals surface area contributed by atoms with Crippen LogP contribution in [0.15, 0.2) is 207 Å². The molecule has 0 radical (unpaired) electrons. The normalized spacial score (nSPS) is 11.0. The fourth-order valence-electron chi connectivity index (χ4n) is 9.95. The molecule has 0 spiro atoms. The average molecular weight is 915 g/mol. The molecule has 0 saturated heterocycles. The van der Waals surface area contributed by atoms with Crippen LogP contribution in [-0.4, -0.2) is 19.9 Å². The minimum Gasteiger partial charge on any atom is -0.263 e. The van der Waals surface area contributed by atoms with E-state index in [1.165, 1.54) is 0 Å². The lowest BCUT2D eigenvalue weighted by Gasteiger charge is -2.22. The average Bonchev–Trinajstić information content (AvgIpc) is 3.46. The largest absolute Gasteiger partial charge is 0.263 e. The Morgan fingerprint density at radius 3 is 0.639 bits per heavy atom. The van der Waals surface area contributed by atoms with Crippen LogP contribution in [0.5, 0.6) is 0 Å². The number of hydrogen-bond donors (Lipinski definition) is 0. The molecular weight excluding hydrogens is 881 g/mol. The molecule has 12 aromatic rings. The zero-order valence-corrected chi connectivity index (χ0v) is 38.2. The van der Waals surface area contributed by atoms with Gasteiger partial charge >= 0.3 is 0 Å². The molecule has 72 heavy (non-hydrogen) atoms. The molecule has 12 rings (SSSR count). The van der Waals surface area contributed by atoms with Crippen molar-refractivity contribution in [3.8, 4) is 113 Å². The van der Waals surface area contributed by atoms with E-state index in [1.54, 1.807) is 49.6 Å². The predicted molar refractivity (Wildman–Crippen MR) is 284 cm³/mol. The van der Waals surface area contributed by atoms with Crippen molar-refractivity contribution in [2.24, 2.45) is 0 Å². The molecule has 0 aliphatic heterocycles. The van der Waals surface area contributed by atoms with Gasteiger partial charge in [-0.25, -0.2) is 0 Å². The first-order valence-corrected chi connectivity index (χ1v) is 23.1. The summed E-state index contributed by atoms with van der Waals surface area (Å²) >= 11 is 0. The van der Waals surface area contributed by atoms with E-state index < -0.39 is 0 Å². The molecule has 4 aromatic heterocycles. The molecule has 8 aromatic carbocycles. The van der Waals surface area contributed by atoms with E-state index >= 15 is 0 Å². The van der Waals surface area contributed by atoms with Crippen molar-refractivity contribution >= 4 is 32.3 Å². The molecule has 4 heterocycles. The SMILES string of the molecule is N#Cc1cncc(-c2ccc(-c3cc(-c4ccc(-c5cncc(C#N)c5)cc4)c4ccc5c(-c6ccc(-c7cncc(C#N)c7)cc6)cc(-c6ccc(-c7cncc(C#N)c7)cc6)c6ccc3c4c65)cc2)c1. The van der Waals surface area contributed by atoms with Gasteiger partial charge in [-0.15, -0.1) is 0 Å². The minimum absolute atomic E-state index is 0.504. The number of hydrogen-bond acceptors (Lipinski definition) is 8. The highest BCUT2D eigenvalue weighted by Gasteiger charge is 2.22. The van der Waals surface area contributed by atoms with E-state index in [1.807, 2.05) is 24.3 Å². The Hall–Kier alpha value is -10.6. The van der Waals surface area contributed by atoms with Gasteiger partial charge in [0.2, 0.25) is 0 Å². The zero-order chi connectivity index (χ0) is 48.7. The lowest BCUT2D eigenvalue weighted by Crippen LogP contribution is -1.95. The van der Waals surface area contributed by atoms with Crippen molar-refractivity contribution in [2.45, 2.75) is 0 Å². The summed E-state index contributed by atoms with van der Waals surface area (Å²) in [5.74, 6) is 0. The summed E-state index contributed by atoms with van der Waals surface area (Å²) in [5.41, 5.74) is 17.8. The third-order valence-electron chi connectivity index (χ3n) is 13.5. The van der Waals surface area contributed by atoms with Gasteiger partial charge in [0.15, 0.2) is 0 Å². The van der Waals surface area contributed by atoms with E-state index in [9.17, 15) is 21.0 Å². The Morgan fingerprint density at radius 2 is 0.431 bits per heavy atom. The van der Waals surface area contributed by atoms with E-state index in [2.05, 4.69) is 178 Å². The second-order valence-corrected chi connectivity index (χ2v) is 17.6. The molecule has 8 nitrogen and oxygen atoms in total. The predicted octanol–water partition coefficient (Wildman–Crippen LogP) is 15.0. The quantitative estimate of drug-likeness (QED) is 0.137. The maximum atomic E-state index is 9.61. The topological polar surface area (TPSA) is 147 Å². The first-order valence-electron chi connectivity index (χ1n) is 23.1. The van der Waals surface area contributed by atoms with E-state index in [-0.39, 0.29) is 0 Å². The van der Waals surface area contributed by atoms with Gasteiger partial charge in [-0.1, -0.05) is 121 Å². The highest BCUT2D eigenvalue weighted by atomic mass is 14.6. The molecule has 0 fully saturated rings. The van der Waals surface area contributed by atoms with Crippen molar-refractivity contribution < 1.29 is 0 Å². The standard InChI is InChI=1S/C64H34N8/c65-27-39-21-51(35-69-31-39)43-1-9-47(10-2-43)59-25-60(48-11-3-44(4-12-48)52-22-40(28-66)32-70-36-52)56-19-20-58-62(50-15-7-46(8-16-50)54-24-42(30-68)34-72-38-54)26-61(57-18-17-55(59)63(56)64(57)58)49-13-5-45(6-14-49)53-23-41(29-67)33-71-37-53/h1-26,31-38H. The second-order valence-electron chi connectivity index (χ2n) is 17.6. The molecule has 0 unspecified atom stereocenters. The summed E-state index contributed by atoms with van der Waals surface area (Å²) in [6, 6.07) is 63.8. The lowest BCUT2D eigenvalue weighted by atomic mass is 9.81. The summed E-state index contributed by atoms with van der Waals surface area (Å²) in [5, 5.41) is 45.1. The van der Waals surface area contributed by atoms with Crippen LogP contribution in [0.3, 0.4) is 0 Å². The van der Waals surface area contributed by atoms with Crippen molar-refractivity contribution in [2.75, 3.05) is 0 Å². The Bertz CT molecular complexity index is 3730. The van der Waals surface area contributed by atoms with E-state index in [0.29, 0.717) is 22.3 Å². The van der Waals surface area contributed by atoms with Crippen LogP contribution in [-0.2, 0) is 0 Å². The van der Waals surface area contributed by atoms with Crippen LogP contribution in [0.4, 0.5) is 0 Å². The molecule has 0 bridgehead atoms. The number of nitrogens with zero attached hydrogens (tertiary/aromatic N) is 8.